The van der Waals surface area contributed by atoms with Crippen molar-refractivity contribution in [2.45, 2.75) is 32.2 Å². The molecular weight excluding hydrogens is 358 g/mol. The summed E-state index contributed by atoms with van der Waals surface area (Å²) in [6.45, 7) is 1.71. The van der Waals surface area contributed by atoms with Crippen LogP contribution in [0, 0.1) is 11.3 Å². The average Bonchev–Trinajstić information content (AvgIpc) is 3.11. The second-order valence-corrected chi connectivity index (χ2v) is 6.59. The van der Waals surface area contributed by atoms with Gasteiger partial charge in [0.1, 0.15) is 5.69 Å². The Bertz CT molecular complexity index is 913. The van der Waals surface area contributed by atoms with E-state index in [0.717, 1.165) is 18.5 Å². The minimum absolute atomic E-state index is 0.221. The lowest BCUT2D eigenvalue weighted by Crippen LogP contribution is -2.27. The third-order valence-electron chi connectivity index (χ3n) is 4.60. The van der Waals surface area contributed by atoms with Crippen LogP contribution in [0.25, 0.3) is 0 Å². The Balaban J connectivity index is 1.80. The molecule has 3 rings (SSSR count). The van der Waals surface area contributed by atoms with E-state index in [4.69, 9.17) is 10.00 Å². The Morgan fingerprint density at radius 2 is 2.18 bits per heavy atom. The minimum Gasteiger partial charge on any atom is -0.385 e. The van der Waals surface area contributed by atoms with Gasteiger partial charge < -0.3 is 19.9 Å². The summed E-state index contributed by atoms with van der Waals surface area (Å²) >= 11 is 0. The second kappa shape index (κ2) is 9.15. The van der Waals surface area contributed by atoms with Crippen LogP contribution in [0.4, 0.5) is 5.69 Å². The summed E-state index contributed by atoms with van der Waals surface area (Å²) in [4.78, 5) is 29.7. The molecular formula is C20H23N5O3. The molecule has 2 amide bonds. The molecule has 0 fully saturated rings. The molecule has 1 aliphatic rings. The van der Waals surface area contributed by atoms with Gasteiger partial charge >= 0.3 is 0 Å². The Labute approximate surface area is 163 Å². The molecule has 146 valence electrons. The third-order valence-corrected chi connectivity index (χ3v) is 4.60. The highest BCUT2D eigenvalue weighted by atomic mass is 16.5. The number of aromatic nitrogens is 2. The highest BCUT2D eigenvalue weighted by Gasteiger charge is 2.27. The fourth-order valence-corrected chi connectivity index (χ4v) is 3.25. The van der Waals surface area contributed by atoms with Gasteiger partial charge in [-0.25, -0.2) is 4.98 Å². The molecule has 1 aliphatic heterocycles. The van der Waals surface area contributed by atoms with Crippen molar-refractivity contribution in [3.05, 3.63) is 47.0 Å². The van der Waals surface area contributed by atoms with Gasteiger partial charge in [0.15, 0.2) is 5.82 Å². The first-order valence-corrected chi connectivity index (χ1v) is 9.32. The molecule has 0 aliphatic carbocycles. The van der Waals surface area contributed by atoms with Crippen LogP contribution in [0.15, 0.2) is 24.3 Å². The Kier molecular flexibility index (Phi) is 6.40. The molecule has 0 bridgehead atoms. The number of amides is 2. The van der Waals surface area contributed by atoms with Crippen LogP contribution < -0.4 is 10.6 Å². The van der Waals surface area contributed by atoms with Gasteiger partial charge in [0, 0.05) is 32.5 Å². The van der Waals surface area contributed by atoms with E-state index in [1.807, 2.05) is 10.6 Å². The van der Waals surface area contributed by atoms with E-state index in [1.165, 1.54) is 0 Å². The lowest BCUT2D eigenvalue weighted by Gasteiger charge is -2.17. The van der Waals surface area contributed by atoms with Crippen LogP contribution in [0.5, 0.6) is 0 Å². The van der Waals surface area contributed by atoms with E-state index in [0.29, 0.717) is 49.5 Å². The molecule has 0 spiro atoms. The van der Waals surface area contributed by atoms with Crippen molar-refractivity contribution in [1.29, 1.82) is 5.26 Å². The van der Waals surface area contributed by atoms with E-state index >= 15 is 0 Å². The van der Waals surface area contributed by atoms with Gasteiger partial charge in [-0.1, -0.05) is 6.07 Å². The van der Waals surface area contributed by atoms with Gasteiger partial charge in [0.05, 0.1) is 17.3 Å². The van der Waals surface area contributed by atoms with Crippen molar-refractivity contribution in [3.8, 4) is 6.07 Å². The second-order valence-electron chi connectivity index (χ2n) is 6.59. The smallest absolute Gasteiger partial charge is 0.291 e. The van der Waals surface area contributed by atoms with E-state index in [9.17, 15) is 9.59 Å². The fourth-order valence-electron chi connectivity index (χ4n) is 3.25. The van der Waals surface area contributed by atoms with Gasteiger partial charge in [0.2, 0.25) is 0 Å². The number of benzene rings is 1. The monoisotopic (exact) mass is 381 g/mol. The van der Waals surface area contributed by atoms with E-state index in [-0.39, 0.29) is 11.7 Å². The number of hydrogen-bond donors (Lipinski definition) is 2. The summed E-state index contributed by atoms with van der Waals surface area (Å²) in [5.41, 5.74) is 2.08. The lowest BCUT2D eigenvalue weighted by atomic mass is 10.1. The van der Waals surface area contributed by atoms with Crippen LogP contribution >= 0.6 is 0 Å². The molecule has 2 heterocycles. The topological polar surface area (TPSA) is 109 Å². The molecule has 2 aromatic rings. The normalized spacial score (nSPS) is 12.7. The highest BCUT2D eigenvalue weighted by molar-refractivity contribution is 6.03. The first-order chi connectivity index (χ1) is 13.6. The number of imidazole rings is 1. The molecule has 28 heavy (non-hydrogen) atoms. The number of nitrogens with zero attached hydrogens (tertiary/aromatic N) is 3. The highest BCUT2D eigenvalue weighted by Crippen LogP contribution is 2.22. The Morgan fingerprint density at radius 3 is 2.96 bits per heavy atom. The van der Waals surface area contributed by atoms with Crippen molar-refractivity contribution in [1.82, 2.24) is 14.9 Å². The zero-order valence-corrected chi connectivity index (χ0v) is 15.8. The van der Waals surface area contributed by atoms with Crippen LogP contribution in [0.3, 0.4) is 0 Å². The molecule has 0 atom stereocenters. The van der Waals surface area contributed by atoms with Gasteiger partial charge in [0.25, 0.3) is 11.8 Å². The van der Waals surface area contributed by atoms with Crippen LogP contribution in [-0.2, 0) is 17.7 Å². The van der Waals surface area contributed by atoms with Gasteiger partial charge in [-0.15, -0.1) is 0 Å². The largest absolute Gasteiger partial charge is 0.385 e. The predicted molar refractivity (Wildman–Crippen MR) is 103 cm³/mol. The summed E-state index contributed by atoms with van der Waals surface area (Å²) in [6.07, 6.45) is 3.31. The summed E-state index contributed by atoms with van der Waals surface area (Å²) in [5, 5.41) is 14.6. The van der Waals surface area contributed by atoms with E-state index in [2.05, 4.69) is 15.6 Å². The number of carbonyl (C=O) groups is 2. The maximum absolute atomic E-state index is 12.8. The number of carbonyl (C=O) groups excluding carboxylic acids is 2. The van der Waals surface area contributed by atoms with Crippen LogP contribution in [0.2, 0.25) is 0 Å². The summed E-state index contributed by atoms with van der Waals surface area (Å²) in [7, 11) is 1.62. The molecule has 1 aromatic heterocycles. The number of fused-ring (bicyclic) bond motifs is 1. The van der Waals surface area contributed by atoms with Crippen molar-refractivity contribution < 1.29 is 14.3 Å². The number of anilines is 1. The third kappa shape index (κ3) is 4.38. The summed E-state index contributed by atoms with van der Waals surface area (Å²) < 4.78 is 6.81. The molecule has 2 N–H and O–H groups in total. The zero-order valence-electron chi connectivity index (χ0n) is 15.8. The SMILES string of the molecule is COCCCNC(=O)c1nc(C(=O)Nc2cccc(C#N)c2)n2c1CCCC2. The molecule has 8 nitrogen and oxygen atoms in total. The Hall–Kier alpha value is -3.18. The Morgan fingerprint density at radius 1 is 1.32 bits per heavy atom. The summed E-state index contributed by atoms with van der Waals surface area (Å²) in [6, 6.07) is 8.72. The molecule has 0 saturated carbocycles. The number of nitriles is 1. The van der Waals surface area contributed by atoms with E-state index < -0.39 is 5.91 Å². The number of ether oxygens (including phenoxy) is 1. The molecule has 8 heteroatoms. The zero-order chi connectivity index (χ0) is 19.9. The van der Waals surface area contributed by atoms with Crippen LogP contribution in [0.1, 0.15) is 51.6 Å². The number of hydrogen-bond acceptors (Lipinski definition) is 5. The van der Waals surface area contributed by atoms with Crippen LogP contribution in [-0.4, -0.2) is 41.6 Å². The maximum Gasteiger partial charge on any atom is 0.291 e. The first kappa shape index (κ1) is 19.6. The first-order valence-electron chi connectivity index (χ1n) is 9.32. The van der Waals surface area contributed by atoms with Gasteiger partial charge in [-0.2, -0.15) is 5.26 Å². The average molecular weight is 381 g/mol. The number of nitrogens with one attached hydrogen (secondary N) is 2. The molecule has 0 radical (unpaired) electrons. The van der Waals surface area contributed by atoms with Crippen molar-refractivity contribution in [2.75, 3.05) is 25.6 Å². The molecule has 1 aromatic carbocycles. The molecule has 0 saturated heterocycles. The maximum atomic E-state index is 12.8. The quantitative estimate of drug-likeness (QED) is 0.714. The minimum atomic E-state index is -0.392. The summed E-state index contributed by atoms with van der Waals surface area (Å²) in [5.74, 6) is -0.442. The van der Waals surface area contributed by atoms with Crippen molar-refractivity contribution >= 4 is 17.5 Å². The van der Waals surface area contributed by atoms with Crippen molar-refractivity contribution in [3.63, 3.8) is 0 Å². The molecule has 0 unspecified atom stereocenters. The number of rotatable bonds is 7. The predicted octanol–water partition coefficient (Wildman–Crippen LogP) is 2.11. The van der Waals surface area contributed by atoms with Gasteiger partial charge in [-0.3, -0.25) is 9.59 Å². The van der Waals surface area contributed by atoms with Crippen molar-refractivity contribution in [2.24, 2.45) is 0 Å². The fraction of sp³-hybridized carbons (Fsp3) is 0.400. The lowest BCUT2D eigenvalue weighted by molar-refractivity contribution is 0.0942. The van der Waals surface area contributed by atoms with Gasteiger partial charge in [-0.05, 0) is 43.9 Å². The standard InChI is InChI=1S/C20H23N5O3/c1-28-11-5-9-22-19(26)17-16-8-2-3-10-25(16)18(24-17)20(27)23-15-7-4-6-14(12-15)13-21/h4,6-7,12H,2-3,5,8-11H2,1H3,(H,22,26)(H,23,27). The number of methoxy groups -OCH3 is 1. The van der Waals surface area contributed by atoms with E-state index in [1.54, 1.807) is 31.4 Å².